The van der Waals surface area contributed by atoms with E-state index in [0.29, 0.717) is 0 Å². The summed E-state index contributed by atoms with van der Waals surface area (Å²) in [6.45, 7) is 13.3. The third-order valence-corrected chi connectivity index (χ3v) is 4.51. The van der Waals surface area contributed by atoms with Gasteiger partial charge >= 0.3 is 0 Å². The molecular formula is C19H29N3O2. The van der Waals surface area contributed by atoms with Crippen LogP contribution in [0.4, 0.5) is 5.69 Å². The Morgan fingerprint density at radius 2 is 2.04 bits per heavy atom. The number of carbonyl (C=O) groups excluding carboxylic acids is 1. The van der Waals surface area contributed by atoms with Crippen LogP contribution in [0.2, 0.25) is 0 Å². The normalized spacial score (nSPS) is 17.8. The van der Waals surface area contributed by atoms with Gasteiger partial charge in [0.1, 0.15) is 0 Å². The zero-order valence-electron chi connectivity index (χ0n) is 15.3. The second kappa shape index (κ2) is 9.06. The number of nitrogens with one attached hydrogen (secondary N) is 1. The molecule has 2 rings (SSSR count). The number of rotatable bonds is 7. The molecule has 5 nitrogen and oxygen atoms in total. The Balaban J connectivity index is 1.94. The summed E-state index contributed by atoms with van der Waals surface area (Å²) in [6.07, 6.45) is 0. The molecule has 0 spiro atoms. The monoisotopic (exact) mass is 331 g/mol. The molecule has 1 aliphatic heterocycles. The fourth-order valence-electron chi connectivity index (χ4n) is 2.90. The van der Waals surface area contributed by atoms with Crippen molar-refractivity contribution in [3.63, 3.8) is 0 Å². The van der Waals surface area contributed by atoms with Gasteiger partial charge < -0.3 is 10.1 Å². The van der Waals surface area contributed by atoms with Gasteiger partial charge in [-0.1, -0.05) is 12.1 Å². The maximum Gasteiger partial charge on any atom is 0.162 e. The van der Waals surface area contributed by atoms with Crippen molar-refractivity contribution in [3.05, 3.63) is 29.3 Å². The highest BCUT2D eigenvalue weighted by Crippen LogP contribution is 2.23. The van der Waals surface area contributed by atoms with E-state index in [9.17, 15) is 4.79 Å². The van der Waals surface area contributed by atoms with Crippen molar-refractivity contribution in [2.45, 2.75) is 33.7 Å². The van der Waals surface area contributed by atoms with Crippen molar-refractivity contribution < 1.29 is 9.53 Å². The lowest BCUT2D eigenvalue weighted by Gasteiger charge is -2.27. The lowest BCUT2D eigenvalue weighted by molar-refractivity contribution is 0.0383. The third-order valence-electron chi connectivity index (χ3n) is 4.51. The first-order valence-corrected chi connectivity index (χ1v) is 8.68. The quantitative estimate of drug-likeness (QED) is 0.616. The molecule has 0 saturated carbocycles. The van der Waals surface area contributed by atoms with E-state index in [0.717, 1.165) is 61.9 Å². The van der Waals surface area contributed by atoms with E-state index in [1.165, 1.54) is 0 Å². The molecule has 1 unspecified atom stereocenters. The molecular weight excluding hydrogens is 302 g/mol. The summed E-state index contributed by atoms with van der Waals surface area (Å²) in [7, 11) is 0. The van der Waals surface area contributed by atoms with Crippen molar-refractivity contribution in [2.24, 2.45) is 4.99 Å². The van der Waals surface area contributed by atoms with Gasteiger partial charge in [-0.3, -0.25) is 14.7 Å². The van der Waals surface area contributed by atoms with Crippen LogP contribution in [-0.4, -0.2) is 61.8 Å². The van der Waals surface area contributed by atoms with Gasteiger partial charge in [0.25, 0.3) is 0 Å². The Morgan fingerprint density at radius 3 is 2.71 bits per heavy atom. The number of hydrogen-bond acceptors (Lipinski definition) is 5. The van der Waals surface area contributed by atoms with Crippen LogP contribution in [-0.2, 0) is 4.74 Å². The molecule has 1 fully saturated rings. The Bertz CT molecular complexity index is 592. The zero-order valence-corrected chi connectivity index (χ0v) is 15.3. The topological polar surface area (TPSA) is 53.9 Å². The first kappa shape index (κ1) is 18.8. The number of Topliss-reactive ketones (excluding diaryl/α,β-unsaturated/α-hetero) is 1. The van der Waals surface area contributed by atoms with E-state index in [1.807, 2.05) is 32.0 Å². The van der Waals surface area contributed by atoms with E-state index in [2.05, 4.69) is 17.1 Å². The molecule has 1 aromatic rings. The van der Waals surface area contributed by atoms with Crippen molar-refractivity contribution in [2.75, 3.05) is 39.4 Å². The van der Waals surface area contributed by atoms with Gasteiger partial charge in [0.05, 0.1) is 18.9 Å². The standard InChI is InChI=1S/C19H29N3O2/c1-14-6-5-7-18(19(14)17(4)23)21-16(3)15(2)20-8-9-22-10-12-24-13-11-22/h5-7,15,20H,8-13H2,1-4H3. The average molecular weight is 331 g/mol. The third kappa shape index (κ3) is 5.23. The minimum absolute atomic E-state index is 0.0626. The predicted molar refractivity (Wildman–Crippen MR) is 98.7 cm³/mol. The molecule has 1 N–H and O–H groups in total. The molecule has 0 bridgehead atoms. The zero-order chi connectivity index (χ0) is 17.5. The van der Waals surface area contributed by atoms with Gasteiger partial charge in [-0.15, -0.1) is 0 Å². The maximum absolute atomic E-state index is 11.9. The highest BCUT2D eigenvalue weighted by molar-refractivity contribution is 6.02. The molecule has 5 heteroatoms. The fraction of sp³-hybridized carbons (Fsp3) is 0.579. The highest BCUT2D eigenvalue weighted by atomic mass is 16.5. The molecule has 1 heterocycles. The predicted octanol–water partition coefficient (Wildman–Crippen LogP) is 2.60. The summed E-state index contributed by atoms with van der Waals surface area (Å²) in [5, 5.41) is 3.52. The van der Waals surface area contributed by atoms with Crippen LogP contribution in [0.15, 0.2) is 23.2 Å². The van der Waals surface area contributed by atoms with Gasteiger partial charge in [-0.05, 0) is 39.3 Å². The molecule has 1 aliphatic rings. The number of morpholine rings is 1. The van der Waals surface area contributed by atoms with Gasteiger partial charge in [-0.25, -0.2) is 0 Å². The first-order valence-electron chi connectivity index (χ1n) is 8.68. The number of nitrogens with zero attached hydrogens (tertiary/aromatic N) is 2. The van der Waals surface area contributed by atoms with Crippen LogP contribution in [0, 0.1) is 6.92 Å². The average Bonchev–Trinajstić information content (AvgIpc) is 2.55. The number of ether oxygens (including phenoxy) is 1. The number of carbonyl (C=O) groups is 1. The fourth-order valence-corrected chi connectivity index (χ4v) is 2.90. The molecule has 0 radical (unpaired) electrons. The lowest BCUT2D eigenvalue weighted by atomic mass is 10.0. The Hall–Kier alpha value is -1.56. The van der Waals surface area contributed by atoms with Crippen LogP contribution in [0.5, 0.6) is 0 Å². The smallest absolute Gasteiger partial charge is 0.162 e. The van der Waals surface area contributed by atoms with Gasteiger partial charge in [0.2, 0.25) is 0 Å². The van der Waals surface area contributed by atoms with E-state index >= 15 is 0 Å². The number of aryl methyl sites for hydroxylation is 1. The van der Waals surface area contributed by atoms with Crippen molar-refractivity contribution in [1.29, 1.82) is 0 Å². The summed E-state index contributed by atoms with van der Waals surface area (Å²) in [6, 6.07) is 5.99. The van der Waals surface area contributed by atoms with Crippen LogP contribution >= 0.6 is 0 Å². The van der Waals surface area contributed by atoms with E-state index in [4.69, 9.17) is 9.73 Å². The molecule has 24 heavy (non-hydrogen) atoms. The van der Waals surface area contributed by atoms with E-state index in [1.54, 1.807) is 6.92 Å². The Kier molecular flexibility index (Phi) is 7.09. The van der Waals surface area contributed by atoms with E-state index in [-0.39, 0.29) is 11.8 Å². The molecule has 1 atom stereocenters. The van der Waals surface area contributed by atoms with Crippen LogP contribution in [0.25, 0.3) is 0 Å². The summed E-state index contributed by atoms with van der Waals surface area (Å²) in [5.74, 6) is 0.0626. The molecule has 0 amide bonds. The molecule has 132 valence electrons. The van der Waals surface area contributed by atoms with Crippen LogP contribution in [0.3, 0.4) is 0 Å². The SMILES string of the molecule is CC(=O)c1c(C)cccc1N=C(C)C(C)NCCN1CCOCC1. The summed E-state index contributed by atoms with van der Waals surface area (Å²) < 4.78 is 5.36. The van der Waals surface area contributed by atoms with Gasteiger partial charge in [-0.2, -0.15) is 0 Å². The number of benzene rings is 1. The minimum atomic E-state index is 0.0626. The second-order valence-electron chi connectivity index (χ2n) is 6.41. The van der Waals surface area contributed by atoms with Crippen LogP contribution in [0.1, 0.15) is 36.7 Å². The molecule has 0 aromatic heterocycles. The Labute approximate surface area is 145 Å². The molecule has 1 saturated heterocycles. The minimum Gasteiger partial charge on any atom is -0.379 e. The number of hydrogen-bond donors (Lipinski definition) is 1. The maximum atomic E-state index is 11.9. The molecule has 1 aromatic carbocycles. The van der Waals surface area contributed by atoms with Gasteiger partial charge in [0.15, 0.2) is 5.78 Å². The number of ketones is 1. The summed E-state index contributed by atoms with van der Waals surface area (Å²) >= 11 is 0. The Morgan fingerprint density at radius 1 is 1.33 bits per heavy atom. The first-order chi connectivity index (χ1) is 11.5. The summed E-state index contributed by atoms with van der Waals surface area (Å²) in [4.78, 5) is 19.0. The molecule has 0 aliphatic carbocycles. The van der Waals surface area contributed by atoms with Crippen LogP contribution < -0.4 is 5.32 Å². The number of aliphatic imine (C=N–C) groups is 1. The van der Waals surface area contributed by atoms with Crippen molar-refractivity contribution >= 4 is 17.2 Å². The van der Waals surface area contributed by atoms with Gasteiger partial charge in [0, 0.05) is 43.5 Å². The van der Waals surface area contributed by atoms with E-state index < -0.39 is 0 Å². The second-order valence-corrected chi connectivity index (χ2v) is 6.41. The largest absolute Gasteiger partial charge is 0.379 e. The summed E-state index contributed by atoms with van der Waals surface area (Å²) in [5.41, 5.74) is 3.45. The van der Waals surface area contributed by atoms with Crippen molar-refractivity contribution in [3.8, 4) is 0 Å². The van der Waals surface area contributed by atoms with Crippen molar-refractivity contribution in [1.82, 2.24) is 10.2 Å². The lowest BCUT2D eigenvalue weighted by Crippen LogP contribution is -2.43. The highest BCUT2D eigenvalue weighted by Gasteiger charge is 2.13.